The summed E-state index contributed by atoms with van der Waals surface area (Å²) in [6.07, 6.45) is -27.7. The number of hydrogen-bond donors (Lipinski definition) is 15. The van der Waals surface area contributed by atoms with Gasteiger partial charge in [-0.15, -0.1) is 0 Å². The number of nitrogens with one attached hydrogen (secondary N) is 2. The number of alkyl halides is 1. The minimum Gasteiger partial charge on any atom is -0.394 e. The van der Waals surface area contributed by atoms with E-state index in [2.05, 4.69) is 5.32 Å². The van der Waals surface area contributed by atoms with E-state index < -0.39 is 147 Å². The number of aliphatic hydroxyl groups excluding tert-OH is 8. The van der Waals surface area contributed by atoms with Gasteiger partial charge >= 0.3 is 0 Å². The van der Waals surface area contributed by atoms with Crippen LogP contribution in [-0.4, -0.2) is 201 Å². The fourth-order valence-corrected chi connectivity index (χ4v) is 6.27. The second-order valence-corrected chi connectivity index (χ2v) is 12.7. The molecule has 0 aromatic rings. The van der Waals surface area contributed by atoms with Crippen molar-refractivity contribution in [2.24, 2.45) is 28.7 Å². The molecule has 0 radical (unpaired) electrons. The van der Waals surface area contributed by atoms with Crippen molar-refractivity contribution in [1.82, 2.24) is 5.32 Å². The molecule has 0 aromatic heterocycles. The van der Waals surface area contributed by atoms with Crippen molar-refractivity contribution in [1.29, 1.82) is 5.41 Å². The largest absolute Gasteiger partial charge is 0.394 e. The first kappa shape index (κ1) is 41.1. The van der Waals surface area contributed by atoms with E-state index in [1.165, 1.54) is 0 Å². The molecule has 3 heterocycles. The van der Waals surface area contributed by atoms with Gasteiger partial charge in [0.1, 0.15) is 79.4 Å². The lowest BCUT2D eigenvalue weighted by atomic mass is 9.83. The van der Waals surface area contributed by atoms with E-state index in [0.717, 1.165) is 0 Å². The van der Waals surface area contributed by atoms with Crippen molar-refractivity contribution in [2.45, 2.75) is 129 Å². The van der Waals surface area contributed by atoms with Crippen LogP contribution >= 0.6 is 0 Å². The summed E-state index contributed by atoms with van der Waals surface area (Å²) in [6, 6.07) is -3.88. The zero-order valence-electron chi connectivity index (χ0n) is 26.8. The first-order valence-electron chi connectivity index (χ1n) is 16.0. The van der Waals surface area contributed by atoms with Crippen LogP contribution in [0.4, 0.5) is 4.39 Å². The zero-order valence-corrected chi connectivity index (χ0v) is 26.8. The number of aliphatic hydroxyl groups is 8. The summed E-state index contributed by atoms with van der Waals surface area (Å²) in [4.78, 5) is 12.6. The van der Waals surface area contributed by atoms with Crippen LogP contribution in [0.1, 0.15) is 6.42 Å². The second-order valence-electron chi connectivity index (χ2n) is 12.7. The third-order valence-corrected chi connectivity index (χ3v) is 9.31. The predicted octanol–water partition coefficient (Wildman–Crippen LogP) is -9.39. The van der Waals surface area contributed by atoms with Crippen molar-refractivity contribution in [3.8, 4) is 0 Å². The maximum absolute atomic E-state index is 14.0. The first-order valence-corrected chi connectivity index (χ1v) is 16.0. The summed E-state index contributed by atoms with van der Waals surface area (Å²) in [6.45, 7) is -1.97. The Morgan fingerprint density at radius 3 is 2.04 bits per heavy atom. The molecule has 1 aliphatic carbocycles. The molecule has 4 aliphatic rings. The summed E-state index contributed by atoms with van der Waals surface area (Å²) >= 11 is 0. The number of halogens is 1. The van der Waals surface area contributed by atoms with Crippen LogP contribution in [0.5, 0.6) is 0 Å². The normalized spacial score (nSPS) is 46.8. The highest BCUT2D eigenvalue weighted by Crippen LogP contribution is 2.34. The van der Waals surface area contributed by atoms with Gasteiger partial charge in [0, 0.05) is 25.7 Å². The molecule has 23 heteroatoms. The van der Waals surface area contributed by atoms with Gasteiger partial charge in [0.05, 0.1) is 24.4 Å². The third kappa shape index (κ3) is 8.41. The molecule has 4 fully saturated rings. The van der Waals surface area contributed by atoms with E-state index in [9.17, 15) is 50.0 Å². The van der Waals surface area contributed by atoms with Crippen molar-refractivity contribution in [3.05, 3.63) is 0 Å². The van der Waals surface area contributed by atoms with Gasteiger partial charge in [0.25, 0.3) is 5.91 Å². The number of carbonyl (C=O) groups is 1. The lowest BCUT2D eigenvalue weighted by Crippen LogP contribution is -2.68. The molecule has 0 unspecified atom stereocenters. The smallest absolute Gasteiger partial charge is 0.252 e. The van der Waals surface area contributed by atoms with E-state index in [-0.39, 0.29) is 19.5 Å². The van der Waals surface area contributed by atoms with E-state index in [1.807, 2.05) is 0 Å². The SMILES string of the molecule is N=C1[C@@H](O[C@H]2[C@H](O[C@@H]3O[C@H](CO)[C@@H](O[C@H]4O[C@@H](CN)[C@@H](O)[C@H](O)[C@H]4N)[C@H]3O)[C@@H](O)[C@H](NC(=O)[C@@H](O)[C@H](F)CN)C[C@@H]2N)O[C@H](CN)[C@@H](O)[C@H]1O. The van der Waals surface area contributed by atoms with Gasteiger partial charge < -0.3 is 109 Å². The van der Waals surface area contributed by atoms with E-state index in [1.54, 1.807) is 0 Å². The van der Waals surface area contributed by atoms with Gasteiger partial charge in [0.15, 0.2) is 25.0 Å². The Balaban J connectivity index is 1.58. The molecule has 1 saturated carbocycles. The summed E-state index contributed by atoms with van der Waals surface area (Å²) in [5.74, 6) is -1.24. The first-order chi connectivity index (χ1) is 23.6. The zero-order chi connectivity index (χ0) is 37.2. The van der Waals surface area contributed by atoms with Crippen molar-refractivity contribution in [2.75, 3.05) is 26.2 Å². The van der Waals surface area contributed by atoms with Crippen LogP contribution in [0.3, 0.4) is 0 Å². The van der Waals surface area contributed by atoms with E-state index in [0.29, 0.717) is 0 Å². The highest BCUT2D eigenvalue weighted by Gasteiger charge is 2.55. The van der Waals surface area contributed by atoms with Gasteiger partial charge in [0.2, 0.25) is 0 Å². The number of carbonyl (C=O) groups excluding carboxylic acids is 1. The summed E-state index contributed by atoms with van der Waals surface area (Å²) < 4.78 is 48.5. The maximum atomic E-state index is 14.0. The highest BCUT2D eigenvalue weighted by molar-refractivity contribution is 5.90. The van der Waals surface area contributed by atoms with Crippen LogP contribution in [-0.2, 0) is 33.2 Å². The minimum atomic E-state index is -2.20. The van der Waals surface area contributed by atoms with Crippen LogP contribution < -0.4 is 34.0 Å². The van der Waals surface area contributed by atoms with Crippen LogP contribution in [0, 0.1) is 5.41 Å². The van der Waals surface area contributed by atoms with Gasteiger partial charge in [-0.3, -0.25) is 4.79 Å². The summed E-state index contributed by atoms with van der Waals surface area (Å²) in [7, 11) is 0. The van der Waals surface area contributed by atoms with Crippen molar-refractivity contribution in [3.63, 3.8) is 0 Å². The van der Waals surface area contributed by atoms with Crippen molar-refractivity contribution < 1.29 is 78.5 Å². The highest BCUT2D eigenvalue weighted by atomic mass is 19.1. The number of ether oxygens (including phenoxy) is 6. The Bertz CT molecular complexity index is 1140. The monoisotopic (exact) mass is 731 g/mol. The molecule has 0 aromatic carbocycles. The average Bonchev–Trinajstić information content (AvgIpc) is 3.40. The van der Waals surface area contributed by atoms with Gasteiger partial charge in [-0.05, 0) is 6.42 Å². The fraction of sp³-hybridized carbons (Fsp3) is 0.926. The molecule has 0 bridgehead atoms. The molecule has 50 heavy (non-hydrogen) atoms. The van der Waals surface area contributed by atoms with Gasteiger partial charge in [-0.2, -0.15) is 0 Å². The van der Waals surface area contributed by atoms with E-state index in [4.69, 9.17) is 62.5 Å². The summed E-state index contributed by atoms with van der Waals surface area (Å²) in [5.41, 5.74) is 28.2. The second kappa shape index (κ2) is 17.4. The Morgan fingerprint density at radius 2 is 1.44 bits per heavy atom. The number of nitrogens with two attached hydrogens (primary N) is 5. The van der Waals surface area contributed by atoms with Crippen LogP contribution in [0.2, 0.25) is 0 Å². The van der Waals surface area contributed by atoms with E-state index >= 15 is 0 Å². The molecule has 290 valence electrons. The number of rotatable bonds is 13. The fourth-order valence-electron chi connectivity index (χ4n) is 6.27. The molecule has 3 saturated heterocycles. The molecule has 1 amide bonds. The third-order valence-electron chi connectivity index (χ3n) is 9.31. The lowest BCUT2D eigenvalue weighted by molar-refractivity contribution is -0.283. The van der Waals surface area contributed by atoms with Gasteiger partial charge in [-0.25, -0.2) is 4.39 Å². The minimum absolute atomic E-state index is 0.234. The van der Waals surface area contributed by atoms with Crippen LogP contribution in [0.25, 0.3) is 0 Å². The number of hydrogen-bond acceptors (Lipinski definition) is 21. The standard InChI is InChI=1S/C27H50FN7O15/c28-6(2-29)14(37)24(44)35-8-1-7(32)21(48-25-12(33)18(41)16(39)9(3-30)45-25)23(15(8)38)50-27-20(43)22(11(5-36)47-27)49-26-13(34)19(42)17(40)10(4-31)46-26/h6-11,13-23,25-27,33,36-43H,1-5,29-32,34H2,(H,35,44)/t6-,7+,8-,9-,10+,11-,13-,14+,15+,16-,17-,18+,19-,20-,21-,22-,23-,25-,26-,27+/m1/s1. The molecule has 20 atom stereocenters. The Labute approximate surface area is 285 Å². The topological polar surface area (TPSA) is 400 Å². The Morgan fingerprint density at radius 1 is 0.840 bits per heavy atom. The molecule has 22 nitrogen and oxygen atoms in total. The lowest BCUT2D eigenvalue weighted by Gasteiger charge is -2.46. The number of amides is 1. The Kier molecular flexibility index (Phi) is 14.3. The average molecular weight is 732 g/mol. The molecule has 3 aliphatic heterocycles. The van der Waals surface area contributed by atoms with Gasteiger partial charge in [-0.1, -0.05) is 0 Å². The maximum Gasteiger partial charge on any atom is 0.252 e. The predicted molar refractivity (Wildman–Crippen MR) is 162 cm³/mol. The molecular formula is C27H50FN7O15. The molecule has 0 spiro atoms. The molecule has 4 rings (SSSR count). The molecule has 20 N–H and O–H groups in total. The Hall–Kier alpha value is -1.69. The van der Waals surface area contributed by atoms with Crippen LogP contribution in [0.15, 0.2) is 0 Å². The summed E-state index contributed by atoms with van der Waals surface area (Å²) in [5, 5.41) is 94.5. The van der Waals surface area contributed by atoms with Crippen molar-refractivity contribution >= 4 is 11.6 Å². The molecular weight excluding hydrogens is 681 g/mol. The quantitative estimate of drug-likeness (QED) is 0.0836.